The molecule has 1 unspecified atom stereocenters. The fraction of sp³-hybridized carbons (Fsp3) is 0.364. The van der Waals surface area contributed by atoms with Crippen LogP contribution in [0.3, 0.4) is 0 Å². The Morgan fingerprint density at radius 3 is 2.93 bits per heavy atom. The summed E-state index contributed by atoms with van der Waals surface area (Å²) in [6.07, 6.45) is 2.12. The van der Waals surface area contributed by atoms with Crippen molar-refractivity contribution < 1.29 is 4.79 Å². The summed E-state index contributed by atoms with van der Waals surface area (Å²) in [6, 6.07) is 5.43. The maximum Gasteiger partial charge on any atom is 0.177 e. The first-order valence-corrected chi connectivity index (χ1v) is 7.01. The van der Waals surface area contributed by atoms with Crippen molar-refractivity contribution in [2.24, 2.45) is 0 Å². The van der Waals surface area contributed by atoms with Crippen LogP contribution in [0.2, 0.25) is 5.02 Å². The summed E-state index contributed by atoms with van der Waals surface area (Å²) in [5, 5.41) is 0.658. The largest absolute Gasteiger partial charge is 0.293 e. The highest BCUT2D eigenvalue weighted by Crippen LogP contribution is 2.31. The first kappa shape index (κ1) is 11.5. The van der Waals surface area contributed by atoms with Gasteiger partial charge in [-0.1, -0.05) is 27.5 Å². The van der Waals surface area contributed by atoms with E-state index in [0.29, 0.717) is 10.6 Å². The summed E-state index contributed by atoms with van der Waals surface area (Å²) in [5.74, 6) is 1.26. The van der Waals surface area contributed by atoms with Gasteiger partial charge in [0.1, 0.15) is 0 Å². The van der Waals surface area contributed by atoms with Gasteiger partial charge >= 0.3 is 0 Å². The Bertz CT molecular complexity index is 388. The molecule has 0 aliphatic carbocycles. The molecule has 0 spiro atoms. The van der Waals surface area contributed by atoms with E-state index in [1.807, 2.05) is 6.07 Å². The molecule has 1 aromatic carbocycles. The number of hydrogen-bond donors (Lipinski definition) is 0. The molecule has 1 aliphatic rings. The van der Waals surface area contributed by atoms with Gasteiger partial charge in [0.15, 0.2) is 5.78 Å². The summed E-state index contributed by atoms with van der Waals surface area (Å²) >= 11 is 11.1. The van der Waals surface area contributed by atoms with Crippen molar-refractivity contribution in [3.63, 3.8) is 0 Å². The van der Waals surface area contributed by atoms with Gasteiger partial charge in [0.25, 0.3) is 0 Å². The third kappa shape index (κ3) is 2.58. The molecule has 0 aromatic heterocycles. The Morgan fingerprint density at radius 2 is 2.33 bits per heavy atom. The van der Waals surface area contributed by atoms with E-state index in [1.54, 1.807) is 23.9 Å². The molecule has 0 bridgehead atoms. The van der Waals surface area contributed by atoms with E-state index in [4.69, 9.17) is 11.6 Å². The van der Waals surface area contributed by atoms with Gasteiger partial charge < -0.3 is 0 Å². The Hall–Kier alpha value is 0.01000. The van der Waals surface area contributed by atoms with Crippen LogP contribution in [0.25, 0.3) is 0 Å². The molecule has 1 aromatic rings. The first-order chi connectivity index (χ1) is 7.18. The van der Waals surface area contributed by atoms with E-state index in [2.05, 4.69) is 15.9 Å². The molecule has 80 valence electrons. The quantitative estimate of drug-likeness (QED) is 0.762. The van der Waals surface area contributed by atoms with Crippen molar-refractivity contribution in [2.75, 3.05) is 5.75 Å². The topological polar surface area (TPSA) is 17.1 Å². The van der Waals surface area contributed by atoms with Gasteiger partial charge in [-0.15, -0.1) is 0 Å². The highest BCUT2D eigenvalue weighted by atomic mass is 79.9. The molecule has 1 atom stereocenters. The Labute approximate surface area is 107 Å². The number of carbonyl (C=O) groups excluding carboxylic acids is 1. The number of rotatable bonds is 2. The zero-order valence-electron chi connectivity index (χ0n) is 8.00. The highest BCUT2D eigenvalue weighted by molar-refractivity contribution is 9.10. The average molecular weight is 306 g/mol. The van der Waals surface area contributed by atoms with Crippen LogP contribution in [0.4, 0.5) is 0 Å². The minimum Gasteiger partial charge on any atom is -0.293 e. The van der Waals surface area contributed by atoms with E-state index in [-0.39, 0.29) is 11.0 Å². The van der Waals surface area contributed by atoms with Crippen molar-refractivity contribution >= 4 is 45.1 Å². The molecule has 2 rings (SSSR count). The predicted molar refractivity (Wildman–Crippen MR) is 69.0 cm³/mol. The number of hydrogen-bond acceptors (Lipinski definition) is 2. The molecule has 1 saturated heterocycles. The number of benzene rings is 1. The molecule has 15 heavy (non-hydrogen) atoms. The van der Waals surface area contributed by atoms with E-state index in [9.17, 15) is 4.79 Å². The fourth-order valence-corrected chi connectivity index (χ4v) is 3.64. The molecule has 0 amide bonds. The molecule has 0 radical (unpaired) electrons. The predicted octanol–water partition coefficient (Wildman–Crippen LogP) is 4.18. The lowest BCUT2D eigenvalue weighted by molar-refractivity contribution is 0.0988. The molecule has 4 heteroatoms. The second kappa shape index (κ2) is 4.89. The van der Waals surface area contributed by atoms with E-state index in [0.717, 1.165) is 23.1 Å². The van der Waals surface area contributed by atoms with E-state index in [1.165, 1.54) is 0 Å². The zero-order valence-corrected chi connectivity index (χ0v) is 11.2. The molecule has 1 nitrogen and oxygen atoms in total. The zero-order chi connectivity index (χ0) is 10.8. The van der Waals surface area contributed by atoms with E-state index >= 15 is 0 Å². The molecule has 1 fully saturated rings. The number of Topliss-reactive ketones (excluding diaryl/α,β-unsaturated/α-hetero) is 1. The lowest BCUT2D eigenvalue weighted by atomic mass is 10.1. The molecule has 0 saturated carbocycles. The second-order valence-electron chi connectivity index (χ2n) is 3.49. The van der Waals surface area contributed by atoms with Crippen molar-refractivity contribution in [2.45, 2.75) is 18.1 Å². The van der Waals surface area contributed by atoms with Gasteiger partial charge in [-0.3, -0.25) is 4.79 Å². The van der Waals surface area contributed by atoms with Gasteiger partial charge in [0, 0.05) is 10.0 Å². The molecular weight excluding hydrogens is 296 g/mol. The Kier molecular flexibility index (Phi) is 3.75. The van der Waals surface area contributed by atoms with Gasteiger partial charge in [-0.25, -0.2) is 0 Å². The van der Waals surface area contributed by atoms with Gasteiger partial charge in [-0.2, -0.15) is 11.8 Å². The summed E-state index contributed by atoms with van der Waals surface area (Å²) in [7, 11) is 0. The van der Waals surface area contributed by atoms with Crippen molar-refractivity contribution in [3.8, 4) is 0 Å². The maximum atomic E-state index is 12.1. The van der Waals surface area contributed by atoms with E-state index < -0.39 is 0 Å². The summed E-state index contributed by atoms with van der Waals surface area (Å²) in [6.45, 7) is 0. The van der Waals surface area contributed by atoms with Crippen LogP contribution < -0.4 is 0 Å². The Morgan fingerprint density at radius 1 is 1.53 bits per heavy atom. The Balaban J connectivity index is 2.24. The summed E-state index contributed by atoms with van der Waals surface area (Å²) < 4.78 is 0.906. The highest BCUT2D eigenvalue weighted by Gasteiger charge is 2.25. The van der Waals surface area contributed by atoms with Crippen molar-refractivity contribution in [1.29, 1.82) is 0 Å². The molecule has 1 heterocycles. The van der Waals surface area contributed by atoms with Crippen molar-refractivity contribution in [3.05, 3.63) is 33.3 Å². The van der Waals surface area contributed by atoms with Gasteiger partial charge in [-0.05, 0) is 36.8 Å². The lowest BCUT2D eigenvalue weighted by Crippen LogP contribution is -2.14. The summed E-state index contributed by atoms with van der Waals surface area (Å²) in [5.41, 5.74) is 0.652. The first-order valence-electron chi connectivity index (χ1n) is 4.79. The second-order valence-corrected chi connectivity index (χ2v) is 6.12. The van der Waals surface area contributed by atoms with Crippen LogP contribution in [0.1, 0.15) is 23.2 Å². The minimum absolute atomic E-state index is 0.115. The molecular formula is C11H10BrClOS. The smallest absolute Gasteiger partial charge is 0.177 e. The average Bonchev–Trinajstić information content (AvgIpc) is 2.69. The van der Waals surface area contributed by atoms with Gasteiger partial charge in [0.2, 0.25) is 0 Å². The maximum absolute atomic E-state index is 12.1. The summed E-state index contributed by atoms with van der Waals surface area (Å²) in [4.78, 5) is 12.1. The van der Waals surface area contributed by atoms with Crippen LogP contribution in [-0.2, 0) is 0 Å². The van der Waals surface area contributed by atoms with Crippen molar-refractivity contribution in [1.82, 2.24) is 0 Å². The van der Waals surface area contributed by atoms with Crippen LogP contribution in [0, 0.1) is 0 Å². The van der Waals surface area contributed by atoms with Crippen LogP contribution in [0.5, 0.6) is 0 Å². The molecule has 0 N–H and O–H groups in total. The SMILES string of the molecule is O=C(c1ccc(Br)cc1Cl)C1CCCS1. The number of thioether (sulfide) groups is 1. The third-order valence-electron chi connectivity index (χ3n) is 2.42. The monoisotopic (exact) mass is 304 g/mol. The standard InChI is InChI=1S/C11H10BrClOS/c12-7-3-4-8(9(13)6-7)11(14)10-2-1-5-15-10/h3-4,6,10H,1-2,5H2. The van der Waals surface area contributed by atoms with Crippen LogP contribution >= 0.6 is 39.3 Å². The third-order valence-corrected chi connectivity index (χ3v) is 4.60. The van der Waals surface area contributed by atoms with Crippen LogP contribution in [-0.4, -0.2) is 16.8 Å². The number of carbonyl (C=O) groups is 1. The number of halogens is 2. The molecule has 1 aliphatic heterocycles. The fourth-order valence-electron chi connectivity index (χ4n) is 1.65. The van der Waals surface area contributed by atoms with Gasteiger partial charge in [0.05, 0.1) is 10.3 Å². The normalized spacial score (nSPS) is 20.5. The number of ketones is 1. The van der Waals surface area contributed by atoms with Crippen LogP contribution in [0.15, 0.2) is 22.7 Å². The lowest BCUT2D eigenvalue weighted by Gasteiger charge is -2.08. The minimum atomic E-state index is 0.115.